The average Bonchev–Trinajstić information content (AvgIpc) is 3.55. The first-order chi connectivity index (χ1) is 18.1. The van der Waals surface area contributed by atoms with Crippen LogP contribution in [0.4, 0.5) is 4.39 Å². The minimum absolute atomic E-state index is 0.343. The molecule has 6 rings (SSSR count). The van der Waals surface area contributed by atoms with Gasteiger partial charge in [0.05, 0.1) is 18.5 Å². The summed E-state index contributed by atoms with van der Waals surface area (Å²) in [6, 6.07) is 16.9. The monoisotopic (exact) mass is 492 g/mol. The second-order valence-corrected chi connectivity index (χ2v) is 8.89. The number of pyridine rings is 2. The van der Waals surface area contributed by atoms with Crippen molar-refractivity contribution >= 4 is 21.9 Å². The topological polar surface area (TPSA) is 91.5 Å². The normalized spacial score (nSPS) is 11.4. The summed E-state index contributed by atoms with van der Waals surface area (Å²) in [7, 11) is 1.54. The predicted molar refractivity (Wildman–Crippen MR) is 144 cm³/mol. The van der Waals surface area contributed by atoms with Crippen LogP contribution in [0, 0.1) is 5.82 Å². The van der Waals surface area contributed by atoms with Crippen LogP contribution < -0.4 is 10.1 Å². The highest BCUT2D eigenvalue weighted by atomic mass is 19.1. The van der Waals surface area contributed by atoms with Gasteiger partial charge in [-0.15, -0.1) is 0 Å². The first-order valence-corrected chi connectivity index (χ1v) is 12.1. The molecule has 0 aliphatic heterocycles. The molecule has 8 heteroatoms. The van der Waals surface area contributed by atoms with Crippen LogP contribution in [0.5, 0.6) is 5.75 Å². The molecular weight excluding hydrogens is 467 g/mol. The third-order valence-electron chi connectivity index (χ3n) is 6.47. The summed E-state index contributed by atoms with van der Waals surface area (Å²) < 4.78 is 19.5. The summed E-state index contributed by atoms with van der Waals surface area (Å²) in [5, 5.41) is 12.8. The molecule has 3 N–H and O–H groups in total. The standard InChI is InChI=1S/C29H25FN6O/c1-3-31-13-17-7-19(15-32-14-17)20-10-25-28(35-36-29(25)33-16-20)27-12-24-23(5-4-6-26(24)34-27)18-8-21(30)11-22(9-18)37-2/h4-12,14-16,31,34H,3,13H2,1-2H3,(H,33,35,36). The average molecular weight is 493 g/mol. The fraction of sp³-hybridized carbons (Fsp3) is 0.138. The number of rotatable bonds is 7. The number of hydrogen-bond donors (Lipinski definition) is 3. The zero-order valence-electron chi connectivity index (χ0n) is 20.5. The molecular formula is C29H25FN6O. The van der Waals surface area contributed by atoms with Crippen molar-refractivity contribution in [1.82, 2.24) is 30.5 Å². The summed E-state index contributed by atoms with van der Waals surface area (Å²) in [4.78, 5) is 12.5. The van der Waals surface area contributed by atoms with E-state index < -0.39 is 0 Å². The van der Waals surface area contributed by atoms with Gasteiger partial charge in [-0.3, -0.25) is 10.1 Å². The molecule has 0 atom stereocenters. The molecule has 0 unspecified atom stereocenters. The first kappa shape index (κ1) is 22.9. The fourth-order valence-corrected chi connectivity index (χ4v) is 4.65. The van der Waals surface area contributed by atoms with E-state index in [0.717, 1.165) is 68.6 Å². The Morgan fingerprint density at radius 3 is 2.70 bits per heavy atom. The molecule has 0 aliphatic carbocycles. The number of H-pyrrole nitrogens is 2. The van der Waals surface area contributed by atoms with Crippen molar-refractivity contribution < 1.29 is 9.13 Å². The highest BCUT2D eigenvalue weighted by Crippen LogP contribution is 2.36. The van der Waals surface area contributed by atoms with Gasteiger partial charge in [-0.2, -0.15) is 5.10 Å². The number of nitrogens with zero attached hydrogens (tertiary/aromatic N) is 3. The highest BCUT2D eigenvalue weighted by Gasteiger charge is 2.15. The third-order valence-corrected chi connectivity index (χ3v) is 6.47. The van der Waals surface area contributed by atoms with Crippen LogP contribution in [0.25, 0.3) is 55.6 Å². The zero-order chi connectivity index (χ0) is 25.4. The van der Waals surface area contributed by atoms with Crippen LogP contribution in [0.3, 0.4) is 0 Å². The Labute approximate surface area is 212 Å². The van der Waals surface area contributed by atoms with Gasteiger partial charge in [0.15, 0.2) is 5.65 Å². The lowest BCUT2D eigenvalue weighted by Gasteiger charge is -2.07. The summed E-state index contributed by atoms with van der Waals surface area (Å²) >= 11 is 0. The second-order valence-electron chi connectivity index (χ2n) is 8.89. The van der Waals surface area contributed by atoms with Gasteiger partial charge >= 0.3 is 0 Å². The van der Waals surface area contributed by atoms with Crippen LogP contribution >= 0.6 is 0 Å². The van der Waals surface area contributed by atoms with E-state index in [9.17, 15) is 4.39 Å². The van der Waals surface area contributed by atoms with Crippen molar-refractivity contribution in [3.8, 4) is 39.4 Å². The SMILES string of the molecule is CCNCc1cncc(-c2cnc3n[nH]c(-c4cc5c(-c6cc(F)cc(OC)c6)cccc5[nH]4)c3c2)c1. The molecule has 4 aromatic heterocycles. The largest absolute Gasteiger partial charge is 0.497 e. The van der Waals surface area contributed by atoms with Crippen molar-refractivity contribution in [2.24, 2.45) is 0 Å². The molecule has 184 valence electrons. The third kappa shape index (κ3) is 4.32. The van der Waals surface area contributed by atoms with Gasteiger partial charge in [0.25, 0.3) is 0 Å². The highest BCUT2D eigenvalue weighted by molar-refractivity contribution is 6.01. The van der Waals surface area contributed by atoms with Crippen LogP contribution in [0.15, 0.2) is 73.2 Å². The maximum Gasteiger partial charge on any atom is 0.181 e. The number of hydrogen-bond acceptors (Lipinski definition) is 5. The van der Waals surface area contributed by atoms with Crippen molar-refractivity contribution in [2.45, 2.75) is 13.5 Å². The first-order valence-electron chi connectivity index (χ1n) is 12.1. The molecule has 0 spiro atoms. The Hall–Kier alpha value is -4.56. The van der Waals surface area contributed by atoms with E-state index in [1.54, 1.807) is 0 Å². The Balaban J connectivity index is 1.43. The number of benzene rings is 2. The Bertz CT molecular complexity index is 1740. The number of fused-ring (bicyclic) bond motifs is 2. The van der Waals surface area contributed by atoms with Crippen molar-refractivity contribution in [3.63, 3.8) is 0 Å². The van der Waals surface area contributed by atoms with E-state index in [-0.39, 0.29) is 5.82 Å². The number of halogens is 1. The Morgan fingerprint density at radius 2 is 1.84 bits per heavy atom. The van der Waals surface area contributed by atoms with Crippen molar-refractivity contribution in [1.29, 1.82) is 0 Å². The van der Waals surface area contributed by atoms with E-state index in [4.69, 9.17) is 4.74 Å². The van der Waals surface area contributed by atoms with Crippen LogP contribution in [0.2, 0.25) is 0 Å². The predicted octanol–water partition coefficient (Wildman–Crippen LogP) is 6.09. The summed E-state index contributed by atoms with van der Waals surface area (Å²) in [5.41, 5.74) is 7.99. The molecule has 0 bridgehead atoms. The zero-order valence-corrected chi connectivity index (χ0v) is 20.5. The second kappa shape index (κ2) is 9.48. The summed E-state index contributed by atoms with van der Waals surface area (Å²) in [5.74, 6) is 0.134. The molecule has 7 nitrogen and oxygen atoms in total. The molecule has 0 radical (unpaired) electrons. The van der Waals surface area contributed by atoms with Crippen LogP contribution in [-0.2, 0) is 6.54 Å². The minimum atomic E-state index is -0.343. The smallest absolute Gasteiger partial charge is 0.181 e. The van der Waals surface area contributed by atoms with E-state index in [1.165, 1.54) is 19.2 Å². The maximum atomic E-state index is 14.3. The molecule has 0 amide bonds. The Morgan fingerprint density at radius 1 is 0.946 bits per heavy atom. The molecule has 0 saturated carbocycles. The van der Waals surface area contributed by atoms with Crippen LogP contribution in [-0.4, -0.2) is 38.8 Å². The molecule has 0 saturated heterocycles. The fourth-order valence-electron chi connectivity index (χ4n) is 4.65. The minimum Gasteiger partial charge on any atom is -0.497 e. The molecule has 0 aliphatic rings. The van der Waals surface area contributed by atoms with E-state index in [0.29, 0.717) is 11.4 Å². The molecule has 6 aromatic rings. The number of aromatic nitrogens is 5. The lowest BCUT2D eigenvalue weighted by molar-refractivity contribution is 0.411. The molecule has 37 heavy (non-hydrogen) atoms. The van der Waals surface area contributed by atoms with Crippen LogP contribution in [0.1, 0.15) is 12.5 Å². The van der Waals surface area contributed by atoms with Gasteiger partial charge in [-0.25, -0.2) is 9.37 Å². The summed E-state index contributed by atoms with van der Waals surface area (Å²) in [6.45, 7) is 3.74. The number of aromatic amines is 2. The number of ether oxygens (including phenoxy) is 1. The lowest BCUT2D eigenvalue weighted by Crippen LogP contribution is -2.11. The van der Waals surface area contributed by atoms with Gasteiger partial charge in [0, 0.05) is 58.6 Å². The van der Waals surface area contributed by atoms with Gasteiger partial charge in [0.1, 0.15) is 11.6 Å². The van der Waals surface area contributed by atoms with Crippen molar-refractivity contribution in [2.75, 3.05) is 13.7 Å². The van der Waals surface area contributed by atoms with E-state index in [2.05, 4.69) is 55.6 Å². The molecule has 2 aromatic carbocycles. The maximum absolute atomic E-state index is 14.3. The van der Waals surface area contributed by atoms with E-state index in [1.807, 2.05) is 42.9 Å². The van der Waals surface area contributed by atoms with Crippen molar-refractivity contribution in [3.05, 3.63) is 84.6 Å². The van der Waals surface area contributed by atoms with Gasteiger partial charge in [-0.1, -0.05) is 19.1 Å². The van der Waals surface area contributed by atoms with E-state index >= 15 is 0 Å². The molecule has 4 heterocycles. The number of methoxy groups -OCH3 is 1. The number of nitrogens with one attached hydrogen (secondary N) is 3. The summed E-state index contributed by atoms with van der Waals surface area (Å²) in [6.07, 6.45) is 5.54. The lowest BCUT2D eigenvalue weighted by atomic mass is 10.0. The van der Waals surface area contributed by atoms with Gasteiger partial charge < -0.3 is 15.0 Å². The molecule has 0 fully saturated rings. The van der Waals surface area contributed by atoms with Gasteiger partial charge in [0.2, 0.25) is 0 Å². The van der Waals surface area contributed by atoms with Gasteiger partial charge in [-0.05, 0) is 59.6 Å². The quantitative estimate of drug-likeness (QED) is 0.251. The Kier molecular flexibility index (Phi) is 5.86.